The molecule has 146 valence electrons. The zero-order valence-corrected chi connectivity index (χ0v) is 16.7. The number of anilines is 2. The van der Waals surface area contributed by atoms with Crippen molar-refractivity contribution in [1.29, 1.82) is 0 Å². The Morgan fingerprint density at radius 1 is 1.07 bits per heavy atom. The summed E-state index contributed by atoms with van der Waals surface area (Å²) < 4.78 is 26.0. The molecule has 28 heavy (non-hydrogen) atoms. The van der Waals surface area contributed by atoms with E-state index in [0.29, 0.717) is 23.3 Å². The number of sulfonamides is 1. The fourth-order valence-electron chi connectivity index (χ4n) is 3.14. The third-order valence-corrected chi connectivity index (χ3v) is 5.67. The lowest BCUT2D eigenvalue weighted by molar-refractivity contribution is -0.116. The maximum atomic E-state index is 12.5. The number of hydrogen-bond acceptors (Lipinski definition) is 4. The number of benzene rings is 2. The molecule has 0 aliphatic heterocycles. The highest BCUT2D eigenvalue weighted by Gasteiger charge is 2.21. The van der Waals surface area contributed by atoms with Crippen LogP contribution >= 0.6 is 0 Å². The molecule has 1 aromatic heterocycles. The molecule has 0 aliphatic rings. The highest BCUT2D eigenvalue weighted by atomic mass is 32.2. The summed E-state index contributed by atoms with van der Waals surface area (Å²) in [6.07, 6.45) is 3.57. The van der Waals surface area contributed by atoms with Gasteiger partial charge in [0.25, 0.3) is 0 Å². The highest BCUT2D eigenvalue weighted by molar-refractivity contribution is 7.92. The minimum Gasteiger partial charge on any atom is -0.324 e. The lowest BCUT2D eigenvalue weighted by Crippen LogP contribution is -2.33. The Morgan fingerprint density at radius 3 is 2.57 bits per heavy atom. The summed E-state index contributed by atoms with van der Waals surface area (Å²) in [4.78, 5) is 16.8. The number of nitrogens with one attached hydrogen (secondary N) is 1. The molecule has 0 fully saturated rings. The predicted octanol–water partition coefficient (Wildman–Crippen LogP) is 3.59. The van der Waals surface area contributed by atoms with Crippen molar-refractivity contribution >= 4 is 38.2 Å². The van der Waals surface area contributed by atoms with Crippen molar-refractivity contribution in [3.05, 3.63) is 66.4 Å². The Morgan fingerprint density at radius 2 is 1.82 bits per heavy atom. The van der Waals surface area contributed by atoms with Crippen molar-refractivity contribution in [3.8, 4) is 0 Å². The molecule has 6 nitrogen and oxygen atoms in total. The molecule has 1 heterocycles. The van der Waals surface area contributed by atoms with Crippen LogP contribution in [0.15, 0.2) is 60.8 Å². The molecule has 3 aromatic rings. The number of para-hydroxylation sites is 2. The standard InChI is InChI=1S/C21H23N3O3S/c1-3-16-8-4-5-12-19(16)24(28(2,26)27)15-13-20(25)23-18-11-6-9-17-10-7-14-22-21(17)18/h4-12,14H,3,13,15H2,1-2H3,(H,23,25). The second kappa shape index (κ2) is 8.39. The van der Waals surface area contributed by atoms with Crippen molar-refractivity contribution in [2.45, 2.75) is 19.8 Å². The van der Waals surface area contributed by atoms with Crippen LogP contribution in [-0.4, -0.2) is 32.1 Å². The predicted molar refractivity (Wildman–Crippen MR) is 113 cm³/mol. The topological polar surface area (TPSA) is 79.4 Å². The van der Waals surface area contributed by atoms with E-state index in [2.05, 4.69) is 10.3 Å². The van der Waals surface area contributed by atoms with Gasteiger partial charge in [-0.2, -0.15) is 0 Å². The number of amides is 1. The van der Waals surface area contributed by atoms with E-state index >= 15 is 0 Å². The molecule has 0 spiro atoms. The summed E-state index contributed by atoms with van der Waals surface area (Å²) >= 11 is 0. The van der Waals surface area contributed by atoms with E-state index in [1.807, 2.05) is 43.3 Å². The van der Waals surface area contributed by atoms with Crippen LogP contribution in [0.5, 0.6) is 0 Å². The van der Waals surface area contributed by atoms with E-state index in [1.54, 1.807) is 24.4 Å². The van der Waals surface area contributed by atoms with Crippen LogP contribution in [0, 0.1) is 0 Å². The number of carbonyl (C=O) groups excluding carboxylic acids is 1. The molecule has 0 unspecified atom stereocenters. The maximum absolute atomic E-state index is 12.5. The Hall–Kier alpha value is -2.93. The van der Waals surface area contributed by atoms with Crippen LogP contribution in [0.25, 0.3) is 10.9 Å². The van der Waals surface area contributed by atoms with E-state index in [-0.39, 0.29) is 18.9 Å². The number of carbonyl (C=O) groups is 1. The lowest BCUT2D eigenvalue weighted by Gasteiger charge is -2.24. The van der Waals surface area contributed by atoms with Gasteiger partial charge < -0.3 is 5.32 Å². The molecule has 1 N–H and O–H groups in total. The Balaban J connectivity index is 1.77. The summed E-state index contributed by atoms with van der Waals surface area (Å²) in [7, 11) is -3.51. The average molecular weight is 398 g/mol. The van der Waals surface area contributed by atoms with Crippen LogP contribution in [0.1, 0.15) is 18.9 Å². The second-order valence-corrected chi connectivity index (χ2v) is 8.40. The highest BCUT2D eigenvalue weighted by Crippen LogP contribution is 2.24. The van der Waals surface area contributed by atoms with Crippen LogP contribution in [0.4, 0.5) is 11.4 Å². The fourth-order valence-corrected chi connectivity index (χ4v) is 4.10. The van der Waals surface area contributed by atoms with Gasteiger partial charge >= 0.3 is 0 Å². The number of hydrogen-bond donors (Lipinski definition) is 1. The smallest absolute Gasteiger partial charge is 0.232 e. The first-order valence-corrected chi connectivity index (χ1v) is 10.9. The Bertz CT molecular complexity index is 1090. The molecule has 0 radical (unpaired) electrons. The first kappa shape index (κ1) is 19.8. The molecule has 2 aromatic carbocycles. The van der Waals surface area contributed by atoms with Gasteiger partial charge in [0, 0.05) is 24.5 Å². The fraction of sp³-hybridized carbons (Fsp3) is 0.238. The molecule has 0 saturated carbocycles. The number of aromatic nitrogens is 1. The Labute approximate surface area is 165 Å². The summed E-state index contributed by atoms with van der Waals surface area (Å²) in [5.41, 5.74) is 2.86. The van der Waals surface area contributed by atoms with Gasteiger partial charge in [-0.1, -0.05) is 43.3 Å². The molecule has 1 amide bonds. The van der Waals surface area contributed by atoms with Gasteiger partial charge in [0.1, 0.15) is 0 Å². The number of rotatable bonds is 7. The van der Waals surface area contributed by atoms with Crippen LogP contribution < -0.4 is 9.62 Å². The number of nitrogens with zero attached hydrogens (tertiary/aromatic N) is 2. The summed E-state index contributed by atoms with van der Waals surface area (Å²) in [5, 5.41) is 3.77. The van der Waals surface area contributed by atoms with Gasteiger partial charge in [-0.3, -0.25) is 14.1 Å². The summed E-state index contributed by atoms with van der Waals surface area (Å²) in [6, 6.07) is 16.7. The van der Waals surface area contributed by atoms with E-state index in [1.165, 1.54) is 4.31 Å². The molecular weight excluding hydrogens is 374 g/mol. The zero-order valence-electron chi connectivity index (χ0n) is 15.9. The maximum Gasteiger partial charge on any atom is 0.232 e. The molecule has 3 rings (SSSR count). The van der Waals surface area contributed by atoms with E-state index in [9.17, 15) is 13.2 Å². The average Bonchev–Trinajstić information content (AvgIpc) is 2.68. The lowest BCUT2D eigenvalue weighted by atomic mass is 10.1. The van der Waals surface area contributed by atoms with Crippen molar-refractivity contribution in [3.63, 3.8) is 0 Å². The first-order chi connectivity index (χ1) is 13.4. The SMILES string of the molecule is CCc1ccccc1N(CCC(=O)Nc1cccc2cccnc12)S(C)(=O)=O. The molecule has 0 bridgehead atoms. The molecule has 7 heteroatoms. The van der Waals surface area contributed by atoms with Crippen LogP contribution in [-0.2, 0) is 21.2 Å². The van der Waals surface area contributed by atoms with Gasteiger partial charge in [0.15, 0.2) is 0 Å². The molecular formula is C21H23N3O3S. The van der Waals surface area contributed by atoms with Crippen LogP contribution in [0.2, 0.25) is 0 Å². The molecule has 0 saturated heterocycles. The van der Waals surface area contributed by atoms with Gasteiger partial charge in [-0.15, -0.1) is 0 Å². The van der Waals surface area contributed by atoms with Crippen molar-refractivity contribution in [2.75, 3.05) is 22.4 Å². The van der Waals surface area contributed by atoms with Crippen molar-refractivity contribution in [1.82, 2.24) is 4.98 Å². The molecule has 0 atom stereocenters. The third kappa shape index (κ3) is 4.48. The van der Waals surface area contributed by atoms with Gasteiger partial charge in [0.05, 0.1) is 23.1 Å². The van der Waals surface area contributed by atoms with Gasteiger partial charge in [0.2, 0.25) is 15.9 Å². The first-order valence-electron chi connectivity index (χ1n) is 9.09. The summed E-state index contributed by atoms with van der Waals surface area (Å²) in [5.74, 6) is -0.263. The normalized spacial score (nSPS) is 11.4. The quantitative estimate of drug-likeness (QED) is 0.661. The van der Waals surface area contributed by atoms with Crippen molar-refractivity contribution < 1.29 is 13.2 Å². The van der Waals surface area contributed by atoms with Gasteiger partial charge in [-0.05, 0) is 30.2 Å². The monoisotopic (exact) mass is 397 g/mol. The van der Waals surface area contributed by atoms with E-state index in [4.69, 9.17) is 0 Å². The second-order valence-electron chi connectivity index (χ2n) is 6.50. The Kier molecular flexibility index (Phi) is 5.94. The third-order valence-electron chi connectivity index (χ3n) is 4.49. The van der Waals surface area contributed by atoms with E-state index in [0.717, 1.165) is 17.2 Å². The minimum absolute atomic E-state index is 0.0361. The van der Waals surface area contributed by atoms with E-state index < -0.39 is 10.0 Å². The summed E-state index contributed by atoms with van der Waals surface area (Å²) in [6.45, 7) is 2.04. The number of aryl methyl sites for hydroxylation is 1. The number of fused-ring (bicyclic) bond motifs is 1. The number of pyridine rings is 1. The minimum atomic E-state index is -3.51. The van der Waals surface area contributed by atoms with Gasteiger partial charge in [-0.25, -0.2) is 8.42 Å². The largest absolute Gasteiger partial charge is 0.324 e. The molecule has 0 aliphatic carbocycles. The van der Waals surface area contributed by atoms with Crippen molar-refractivity contribution in [2.24, 2.45) is 0 Å². The zero-order chi connectivity index (χ0) is 20.1. The van der Waals surface area contributed by atoms with Crippen LogP contribution in [0.3, 0.4) is 0 Å².